The fourth-order valence-electron chi connectivity index (χ4n) is 1.99. The summed E-state index contributed by atoms with van der Waals surface area (Å²) in [7, 11) is -3.45. The average molecular weight is 258 g/mol. The number of aromatic nitrogens is 2. The lowest BCUT2D eigenvalue weighted by Crippen LogP contribution is -2.45. The summed E-state index contributed by atoms with van der Waals surface area (Å²) in [6, 6.07) is -0.0629. The highest BCUT2D eigenvalue weighted by Gasteiger charge is 2.30. The fourth-order valence-corrected chi connectivity index (χ4v) is 3.45. The standard InChI is InChI=1S/C10H18N4O2S/c1-2-9-12-6-10(13-9)17(15,16)14-5-3-4-8(11)7-14/h6,8H,2-5,7,11H2,1H3,(H,12,13)/t8-/m1/s1. The molecule has 1 atom stereocenters. The zero-order valence-electron chi connectivity index (χ0n) is 9.89. The smallest absolute Gasteiger partial charge is 0.260 e. The van der Waals surface area contributed by atoms with E-state index in [9.17, 15) is 8.42 Å². The van der Waals surface area contributed by atoms with E-state index in [4.69, 9.17) is 5.73 Å². The molecule has 0 saturated carbocycles. The first-order valence-corrected chi connectivity index (χ1v) is 7.27. The van der Waals surface area contributed by atoms with E-state index in [1.807, 2.05) is 6.92 Å². The van der Waals surface area contributed by atoms with E-state index < -0.39 is 10.0 Å². The predicted octanol–water partition coefficient (Wildman–Crippen LogP) is 0.0839. The van der Waals surface area contributed by atoms with Gasteiger partial charge >= 0.3 is 0 Å². The summed E-state index contributed by atoms with van der Waals surface area (Å²) in [5, 5.41) is 0.170. The Labute approximate surface area is 101 Å². The Morgan fingerprint density at radius 3 is 3.00 bits per heavy atom. The van der Waals surface area contributed by atoms with Gasteiger partial charge in [0.15, 0.2) is 5.03 Å². The molecule has 2 heterocycles. The Morgan fingerprint density at radius 1 is 1.65 bits per heavy atom. The van der Waals surface area contributed by atoms with Crippen molar-refractivity contribution in [2.24, 2.45) is 5.73 Å². The van der Waals surface area contributed by atoms with Crippen LogP contribution in [-0.4, -0.2) is 41.8 Å². The van der Waals surface area contributed by atoms with E-state index in [0.717, 1.165) is 12.8 Å². The van der Waals surface area contributed by atoms with Gasteiger partial charge in [-0.05, 0) is 12.8 Å². The molecule has 6 nitrogen and oxygen atoms in total. The number of hydrogen-bond acceptors (Lipinski definition) is 4. The molecule has 96 valence electrons. The second-order valence-corrected chi connectivity index (χ2v) is 6.22. The summed E-state index contributed by atoms with van der Waals surface area (Å²) >= 11 is 0. The van der Waals surface area contributed by atoms with Gasteiger partial charge in [-0.1, -0.05) is 6.92 Å². The highest BCUT2D eigenvalue weighted by molar-refractivity contribution is 7.89. The SMILES string of the molecule is CCc1ncc(S(=O)(=O)N2CCC[C@@H](N)C2)[nH]1. The molecule has 3 N–H and O–H groups in total. The summed E-state index contributed by atoms with van der Waals surface area (Å²) < 4.78 is 26.0. The maximum atomic E-state index is 12.3. The van der Waals surface area contributed by atoms with Gasteiger partial charge in [-0.2, -0.15) is 4.31 Å². The summed E-state index contributed by atoms with van der Waals surface area (Å²) in [4.78, 5) is 6.86. The normalized spacial score (nSPS) is 22.8. The van der Waals surface area contributed by atoms with E-state index in [2.05, 4.69) is 9.97 Å². The number of nitrogens with two attached hydrogens (primary N) is 1. The van der Waals surface area contributed by atoms with Crippen molar-refractivity contribution in [2.45, 2.75) is 37.3 Å². The van der Waals surface area contributed by atoms with Gasteiger partial charge in [-0.25, -0.2) is 13.4 Å². The van der Waals surface area contributed by atoms with Crippen LogP contribution in [0.3, 0.4) is 0 Å². The molecule has 1 aromatic rings. The summed E-state index contributed by atoms with van der Waals surface area (Å²) in [5.41, 5.74) is 5.80. The van der Waals surface area contributed by atoms with E-state index in [1.54, 1.807) is 0 Å². The minimum Gasteiger partial charge on any atom is -0.332 e. The number of H-pyrrole nitrogens is 1. The van der Waals surface area contributed by atoms with E-state index in [0.29, 0.717) is 25.3 Å². The minimum absolute atomic E-state index is 0.0629. The van der Waals surface area contributed by atoms with Gasteiger partial charge in [0, 0.05) is 25.6 Å². The third-order valence-corrected chi connectivity index (χ3v) is 4.75. The first kappa shape index (κ1) is 12.5. The van der Waals surface area contributed by atoms with Crippen molar-refractivity contribution >= 4 is 10.0 Å². The summed E-state index contributed by atoms with van der Waals surface area (Å²) in [6.45, 7) is 2.85. The zero-order chi connectivity index (χ0) is 12.5. The Kier molecular flexibility index (Phi) is 3.50. The van der Waals surface area contributed by atoms with Gasteiger partial charge in [-0.3, -0.25) is 0 Å². The number of nitrogens with one attached hydrogen (secondary N) is 1. The maximum absolute atomic E-state index is 12.3. The van der Waals surface area contributed by atoms with Crippen molar-refractivity contribution < 1.29 is 8.42 Å². The van der Waals surface area contributed by atoms with E-state index >= 15 is 0 Å². The quantitative estimate of drug-likeness (QED) is 0.803. The van der Waals surface area contributed by atoms with Crippen molar-refractivity contribution in [3.8, 4) is 0 Å². The van der Waals surface area contributed by atoms with Crippen LogP contribution in [0.4, 0.5) is 0 Å². The predicted molar refractivity (Wildman–Crippen MR) is 63.9 cm³/mol. The Morgan fingerprint density at radius 2 is 2.41 bits per heavy atom. The van der Waals surface area contributed by atoms with Crippen LogP contribution in [0.1, 0.15) is 25.6 Å². The molecule has 2 rings (SSSR count). The molecule has 1 saturated heterocycles. The topological polar surface area (TPSA) is 92.1 Å². The van der Waals surface area contributed by atoms with E-state index in [-0.39, 0.29) is 11.1 Å². The Bertz CT molecular complexity index is 482. The van der Waals surface area contributed by atoms with Crippen LogP contribution in [0.25, 0.3) is 0 Å². The molecule has 7 heteroatoms. The second kappa shape index (κ2) is 4.75. The number of aromatic amines is 1. The van der Waals surface area contributed by atoms with Crippen LogP contribution in [0.2, 0.25) is 0 Å². The molecular formula is C10H18N4O2S. The molecule has 0 amide bonds. The minimum atomic E-state index is -3.45. The zero-order valence-corrected chi connectivity index (χ0v) is 10.7. The van der Waals surface area contributed by atoms with Gasteiger partial charge in [0.05, 0.1) is 6.20 Å². The number of imidazole rings is 1. The molecule has 1 aromatic heterocycles. The van der Waals surface area contributed by atoms with Crippen molar-refractivity contribution in [2.75, 3.05) is 13.1 Å². The molecule has 0 aromatic carbocycles. The van der Waals surface area contributed by atoms with Crippen molar-refractivity contribution in [1.29, 1.82) is 0 Å². The Balaban J connectivity index is 2.23. The van der Waals surface area contributed by atoms with Crippen LogP contribution in [-0.2, 0) is 16.4 Å². The lowest BCUT2D eigenvalue weighted by molar-refractivity contribution is 0.315. The van der Waals surface area contributed by atoms with Gasteiger partial charge < -0.3 is 10.7 Å². The first-order valence-electron chi connectivity index (χ1n) is 5.83. The fraction of sp³-hybridized carbons (Fsp3) is 0.700. The molecule has 1 aliphatic heterocycles. The molecule has 1 fully saturated rings. The van der Waals surface area contributed by atoms with Gasteiger partial charge in [0.2, 0.25) is 0 Å². The highest BCUT2D eigenvalue weighted by atomic mass is 32.2. The first-order chi connectivity index (χ1) is 8.04. The lowest BCUT2D eigenvalue weighted by Gasteiger charge is -2.29. The van der Waals surface area contributed by atoms with Gasteiger partial charge in [-0.15, -0.1) is 0 Å². The molecule has 1 aliphatic rings. The number of rotatable bonds is 3. The highest BCUT2D eigenvalue weighted by Crippen LogP contribution is 2.18. The summed E-state index contributed by atoms with van der Waals surface area (Å²) in [5.74, 6) is 0.685. The van der Waals surface area contributed by atoms with Crippen molar-refractivity contribution in [1.82, 2.24) is 14.3 Å². The van der Waals surface area contributed by atoms with Crippen molar-refractivity contribution in [3.05, 3.63) is 12.0 Å². The molecule has 0 unspecified atom stereocenters. The second-order valence-electron chi connectivity index (χ2n) is 4.31. The van der Waals surface area contributed by atoms with Crippen LogP contribution in [0.5, 0.6) is 0 Å². The average Bonchev–Trinajstić information content (AvgIpc) is 2.78. The molecule has 0 aliphatic carbocycles. The monoisotopic (exact) mass is 258 g/mol. The van der Waals surface area contributed by atoms with Gasteiger partial charge in [0.1, 0.15) is 5.82 Å². The number of nitrogens with zero attached hydrogens (tertiary/aromatic N) is 2. The van der Waals surface area contributed by atoms with Crippen molar-refractivity contribution in [3.63, 3.8) is 0 Å². The number of aryl methyl sites for hydroxylation is 1. The molecule has 0 spiro atoms. The number of hydrogen-bond donors (Lipinski definition) is 2. The number of piperidine rings is 1. The molecule has 0 bridgehead atoms. The largest absolute Gasteiger partial charge is 0.332 e. The van der Waals surface area contributed by atoms with Gasteiger partial charge in [0.25, 0.3) is 10.0 Å². The Hall–Kier alpha value is -0.920. The molecule has 17 heavy (non-hydrogen) atoms. The third kappa shape index (κ3) is 2.51. The third-order valence-electron chi connectivity index (χ3n) is 2.98. The van der Waals surface area contributed by atoms with Crippen LogP contribution < -0.4 is 5.73 Å². The van der Waals surface area contributed by atoms with Crippen LogP contribution in [0.15, 0.2) is 11.2 Å². The van der Waals surface area contributed by atoms with Crippen LogP contribution in [0, 0.1) is 0 Å². The van der Waals surface area contributed by atoms with E-state index in [1.165, 1.54) is 10.5 Å². The molecule has 0 radical (unpaired) electrons. The number of sulfonamides is 1. The lowest BCUT2D eigenvalue weighted by atomic mass is 10.1. The maximum Gasteiger partial charge on any atom is 0.260 e. The van der Waals surface area contributed by atoms with Crippen LogP contribution >= 0.6 is 0 Å². The molecular weight excluding hydrogens is 240 g/mol. The summed E-state index contributed by atoms with van der Waals surface area (Å²) in [6.07, 6.45) is 3.77.